The zero-order valence-corrected chi connectivity index (χ0v) is 14.3. The predicted molar refractivity (Wildman–Crippen MR) is 92.3 cm³/mol. The highest BCUT2D eigenvalue weighted by molar-refractivity contribution is 8.00. The van der Waals surface area contributed by atoms with Gasteiger partial charge >= 0.3 is 5.97 Å². The molecular weight excluding hydrogens is 345 g/mol. The molecule has 130 valence electrons. The Morgan fingerprint density at radius 3 is 2.84 bits per heavy atom. The van der Waals surface area contributed by atoms with Crippen molar-refractivity contribution in [1.82, 2.24) is 0 Å². The van der Waals surface area contributed by atoms with Gasteiger partial charge in [-0.15, -0.1) is 11.8 Å². The molecule has 3 rings (SSSR count). The van der Waals surface area contributed by atoms with Crippen molar-refractivity contribution in [2.24, 2.45) is 0 Å². The molecule has 0 aromatic heterocycles. The van der Waals surface area contributed by atoms with Crippen molar-refractivity contribution in [3.63, 3.8) is 0 Å². The number of amides is 1. The molecule has 0 radical (unpaired) electrons. The SMILES string of the molecule is COc1ccc(COC(=O)CN2C(=O)CSc3ccccc32)cc1F. The van der Waals surface area contributed by atoms with Gasteiger partial charge in [0.15, 0.2) is 11.6 Å². The Hall–Kier alpha value is -2.54. The van der Waals surface area contributed by atoms with Crippen LogP contribution >= 0.6 is 11.8 Å². The summed E-state index contributed by atoms with van der Waals surface area (Å²) < 4.78 is 23.7. The lowest BCUT2D eigenvalue weighted by atomic mass is 10.2. The number of ether oxygens (including phenoxy) is 2. The quantitative estimate of drug-likeness (QED) is 0.767. The van der Waals surface area contributed by atoms with E-state index in [1.54, 1.807) is 12.1 Å². The normalized spacial score (nSPS) is 13.4. The van der Waals surface area contributed by atoms with Gasteiger partial charge in [-0.1, -0.05) is 18.2 Å². The number of esters is 1. The van der Waals surface area contributed by atoms with Crippen LogP contribution in [0.25, 0.3) is 0 Å². The molecule has 0 bridgehead atoms. The summed E-state index contributed by atoms with van der Waals surface area (Å²) in [5, 5.41) is 0. The number of fused-ring (bicyclic) bond motifs is 1. The lowest BCUT2D eigenvalue weighted by Crippen LogP contribution is -2.39. The van der Waals surface area contributed by atoms with E-state index < -0.39 is 11.8 Å². The third kappa shape index (κ3) is 3.93. The summed E-state index contributed by atoms with van der Waals surface area (Å²) in [5.74, 6) is -0.799. The number of para-hydroxylation sites is 1. The molecule has 0 N–H and O–H groups in total. The third-order valence-electron chi connectivity index (χ3n) is 3.71. The summed E-state index contributed by atoms with van der Waals surface area (Å²) in [6.07, 6.45) is 0. The summed E-state index contributed by atoms with van der Waals surface area (Å²) in [5.41, 5.74) is 1.21. The number of rotatable bonds is 5. The first kappa shape index (κ1) is 17.3. The van der Waals surface area contributed by atoms with Crippen molar-refractivity contribution in [3.05, 3.63) is 53.8 Å². The van der Waals surface area contributed by atoms with Gasteiger partial charge in [0, 0.05) is 4.90 Å². The van der Waals surface area contributed by atoms with Gasteiger partial charge in [0.1, 0.15) is 13.2 Å². The number of methoxy groups -OCH3 is 1. The van der Waals surface area contributed by atoms with Crippen LogP contribution in [0.5, 0.6) is 5.75 Å². The molecule has 1 heterocycles. The Morgan fingerprint density at radius 1 is 1.28 bits per heavy atom. The molecular formula is C18H16FNO4S. The van der Waals surface area contributed by atoms with E-state index in [4.69, 9.17) is 9.47 Å². The molecule has 1 amide bonds. The monoisotopic (exact) mass is 361 g/mol. The average Bonchev–Trinajstić information content (AvgIpc) is 2.62. The van der Waals surface area contributed by atoms with Crippen molar-refractivity contribution in [1.29, 1.82) is 0 Å². The van der Waals surface area contributed by atoms with Crippen molar-refractivity contribution in [2.75, 3.05) is 24.3 Å². The fourth-order valence-electron chi connectivity index (χ4n) is 2.47. The Kier molecular flexibility index (Phi) is 5.23. The van der Waals surface area contributed by atoms with Crippen LogP contribution in [0.1, 0.15) is 5.56 Å². The average molecular weight is 361 g/mol. The molecule has 0 aliphatic carbocycles. The smallest absolute Gasteiger partial charge is 0.326 e. The number of carbonyl (C=O) groups excluding carboxylic acids is 2. The summed E-state index contributed by atoms with van der Waals surface area (Å²) in [7, 11) is 1.38. The fourth-order valence-corrected chi connectivity index (χ4v) is 3.40. The van der Waals surface area contributed by atoms with Gasteiger partial charge < -0.3 is 9.47 Å². The molecule has 0 saturated carbocycles. The zero-order chi connectivity index (χ0) is 17.8. The van der Waals surface area contributed by atoms with Gasteiger partial charge in [0.05, 0.1) is 18.6 Å². The Bertz CT molecular complexity index is 811. The minimum atomic E-state index is -0.550. The van der Waals surface area contributed by atoms with E-state index in [0.717, 1.165) is 4.90 Å². The summed E-state index contributed by atoms with van der Waals surface area (Å²) in [6, 6.07) is 11.8. The van der Waals surface area contributed by atoms with Gasteiger partial charge in [0.2, 0.25) is 5.91 Å². The van der Waals surface area contributed by atoms with Gasteiger partial charge in [-0.25, -0.2) is 4.39 Å². The number of halogens is 1. The van der Waals surface area contributed by atoms with Crippen LogP contribution in [-0.4, -0.2) is 31.3 Å². The molecule has 1 aliphatic heterocycles. The largest absolute Gasteiger partial charge is 0.494 e. The molecule has 0 fully saturated rings. The van der Waals surface area contributed by atoms with E-state index in [0.29, 0.717) is 11.3 Å². The van der Waals surface area contributed by atoms with Gasteiger partial charge in [-0.2, -0.15) is 0 Å². The first-order chi connectivity index (χ1) is 12.1. The van der Waals surface area contributed by atoms with E-state index >= 15 is 0 Å². The van der Waals surface area contributed by atoms with E-state index in [1.165, 1.54) is 35.9 Å². The summed E-state index contributed by atoms with van der Waals surface area (Å²) in [6.45, 7) is -0.243. The van der Waals surface area contributed by atoms with Crippen LogP contribution in [0, 0.1) is 5.82 Å². The van der Waals surface area contributed by atoms with Crippen LogP contribution in [0.15, 0.2) is 47.4 Å². The topological polar surface area (TPSA) is 55.8 Å². The predicted octanol–water partition coefficient (Wildman–Crippen LogP) is 3.02. The number of hydrogen-bond donors (Lipinski definition) is 0. The summed E-state index contributed by atoms with van der Waals surface area (Å²) in [4.78, 5) is 26.6. The molecule has 5 nitrogen and oxygen atoms in total. The molecule has 2 aromatic rings. The van der Waals surface area contributed by atoms with E-state index in [2.05, 4.69) is 0 Å². The van der Waals surface area contributed by atoms with Gasteiger partial charge in [-0.05, 0) is 29.8 Å². The second-order valence-electron chi connectivity index (χ2n) is 5.37. The maximum atomic E-state index is 13.6. The maximum Gasteiger partial charge on any atom is 0.326 e. The molecule has 2 aromatic carbocycles. The van der Waals surface area contributed by atoms with E-state index in [9.17, 15) is 14.0 Å². The number of carbonyl (C=O) groups is 2. The minimum absolute atomic E-state index is 0.0713. The molecule has 0 unspecified atom stereocenters. The van der Waals surface area contributed by atoms with Gasteiger partial charge in [-0.3, -0.25) is 14.5 Å². The highest BCUT2D eigenvalue weighted by Crippen LogP contribution is 2.34. The maximum absolute atomic E-state index is 13.6. The lowest BCUT2D eigenvalue weighted by molar-refractivity contribution is -0.144. The minimum Gasteiger partial charge on any atom is -0.494 e. The van der Waals surface area contributed by atoms with E-state index in [1.807, 2.05) is 18.2 Å². The molecule has 0 spiro atoms. The first-order valence-electron chi connectivity index (χ1n) is 7.58. The zero-order valence-electron chi connectivity index (χ0n) is 13.5. The number of anilines is 1. The molecule has 0 saturated heterocycles. The number of hydrogen-bond acceptors (Lipinski definition) is 5. The van der Waals surface area contributed by atoms with Crippen LogP contribution < -0.4 is 9.64 Å². The highest BCUT2D eigenvalue weighted by Gasteiger charge is 2.26. The number of thioether (sulfide) groups is 1. The Labute approximate surface area is 148 Å². The van der Waals surface area contributed by atoms with E-state index in [-0.39, 0.29) is 30.6 Å². The molecule has 0 atom stereocenters. The second-order valence-corrected chi connectivity index (χ2v) is 6.38. The van der Waals surface area contributed by atoms with Crippen molar-refractivity contribution in [3.8, 4) is 5.75 Å². The number of benzene rings is 2. The van der Waals surface area contributed by atoms with Crippen LogP contribution in [-0.2, 0) is 20.9 Å². The molecule has 7 heteroatoms. The van der Waals surface area contributed by atoms with Crippen LogP contribution in [0.3, 0.4) is 0 Å². The lowest BCUT2D eigenvalue weighted by Gasteiger charge is -2.27. The standard InChI is InChI=1S/C18H16FNO4S/c1-23-15-7-6-12(8-13(15)19)10-24-18(22)9-20-14-4-2-3-5-16(14)25-11-17(20)21/h2-8H,9-11H2,1H3. The fraction of sp³-hybridized carbons (Fsp3) is 0.222. The highest BCUT2D eigenvalue weighted by atomic mass is 32.2. The van der Waals surface area contributed by atoms with Gasteiger partial charge in [0.25, 0.3) is 0 Å². The van der Waals surface area contributed by atoms with Crippen molar-refractivity contribution in [2.45, 2.75) is 11.5 Å². The number of nitrogens with zero attached hydrogens (tertiary/aromatic N) is 1. The van der Waals surface area contributed by atoms with Crippen molar-refractivity contribution >= 4 is 29.3 Å². The molecule has 25 heavy (non-hydrogen) atoms. The Balaban J connectivity index is 1.63. The summed E-state index contributed by atoms with van der Waals surface area (Å²) >= 11 is 1.45. The third-order valence-corrected chi connectivity index (χ3v) is 4.76. The van der Waals surface area contributed by atoms with Crippen LogP contribution in [0.4, 0.5) is 10.1 Å². The first-order valence-corrected chi connectivity index (χ1v) is 8.57. The van der Waals surface area contributed by atoms with Crippen molar-refractivity contribution < 1.29 is 23.5 Å². The Morgan fingerprint density at radius 2 is 2.08 bits per heavy atom. The molecule has 1 aliphatic rings. The second kappa shape index (κ2) is 7.57. The van der Waals surface area contributed by atoms with Crippen LogP contribution in [0.2, 0.25) is 0 Å².